The van der Waals surface area contributed by atoms with Gasteiger partial charge in [-0.05, 0) is 45.8 Å². The number of hydrogen-bond donors (Lipinski definition) is 2. The monoisotopic (exact) mass is 385 g/mol. The minimum atomic E-state index is -1.71. The molecule has 0 saturated heterocycles. The summed E-state index contributed by atoms with van der Waals surface area (Å²) in [6.07, 6.45) is 0.323. The van der Waals surface area contributed by atoms with Gasteiger partial charge in [0.1, 0.15) is 0 Å². The summed E-state index contributed by atoms with van der Waals surface area (Å²) in [5.74, 6) is -0.247. The first kappa shape index (κ1) is 18.3. The molecule has 0 aliphatic rings. The van der Waals surface area contributed by atoms with Crippen LogP contribution in [0.4, 0.5) is 11.4 Å². The first-order valence-corrected chi connectivity index (χ1v) is 10.1. The standard InChI is InChI=1S/C19H17N2O3PS/c1-24-25(23)12-13-4-6-14(7-5-13)19(22)21-17-11-15(8-9-16(17)20)18-3-2-10-26-18/h2-11H,12,20H2,1H3/p+1. The van der Waals surface area contributed by atoms with E-state index in [1.165, 1.54) is 7.11 Å². The Morgan fingerprint density at radius 2 is 1.96 bits per heavy atom. The number of amides is 1. The topological polar surface area (TPSA) is 81.4 Å². The van der Waals surface area contributed by atoms with E-state index in [0.29, 0.717) is 23.1 Å². The minimum Gasteiger partial charge on any atom is -0.397 e. The molecule has 3 N–H and O–H groups in total. The second-order valence-electron chi connectivity index (χ2n) is 5.60. The lowest BCUT2D eigenvalue weighted by atomic mass is 10.1. The molecule has 3 rings (SSSR count). The van der Waals surface area contributed by atoms with Gasteiger partial charge >= 0.3 is 8.03 Å². The quantitative estimate of drug-likeness (QED) is 0.455. The molecule has 1 aromatic heterocycles. The van der Waals surface area contributed by atoms with Crippen molar-refractivity contribution in [2.45, 2.75) is 6.16 Å². The van der Waals surface area contributed by atoms with Crippen molar-refractivity contribution in [1.82, 2.24) is 0 Å². The lowest BCUT2D eigenvalue weighted by Crippen LogP contribution is -2.13. The Balaban J connectivity index is 1.75. The zero-order chi connectivity index (χ0) is 18.5. The average molecular weight is 385 g/mol. The van der Waals surface area contributed by atoms with Crippen LogP contribution in [-0.4, -0.2) is 13.0 Å². The zero-order valence-corrected chi connectivity index (χ0v) is 15.8. The summed E-state index contributed by atoms with van der Waals surface area (Å²) in [4.78, 5) is 13.6. The molecule has 0 bridgehead atoms. The maximum Gasteiger partial charge on any atom is 0.512 e. The molecule has 0 aliphatic carbocycles. The van der Waals surface area contributed by atoms with Crippen LogP contribution < -0.4 is 11.1 Å². The van der Waals surface area contributed by atoms with Gasteiger partial charge in [-0.15, -0.1) is 15.9 Å². The number of carbonyl (C=O) groups excluding carboxylic acids is 1. The molecule has 0 saturated carbocycles. The number of rotatable bonds is 6. The van der Waals surface area contributed by atoms with Crippen molar-refractivity contribution in [3.63, 3.8) is 0 Å². The second kappa shape index (κ2) is 8.23. The molecule has 0 fully saturated rings. The highest BCUT2D eigenvalue weighted by molar-refractivity contribution is 7.38. The summed E-state index contributed by atoms with van der Waals surface area (Å²) in [5, 5.41) is 4.86. The number of nitrogen functional groups attached to an aromatic ring is 1. The summed E-state index contributed by atoms with van der Waals surface area (Å²) in [6, 6.07) is 16.5. The van der Waals surface area contributed by atoms with Gasteiger partial charge < -0.3 is 11.1 Å². The third-order valence-electron chi connectivity index (χ3n) is 3.84. The van der Waals surface area contributed by atoms with Crippen LogP contribution in [0.2, 0.25) is 0 Å². The van der Waals surface area contributed by atoms with Crippen LogP contribution in [0.3, 0.4) is 0 Å². The Morgan fingerprint density at radius 3 is 2.62 bits per heavy atom. The summed E-state index contributed by atoms with van der Waals surface area (Å²) in [6.45, 7) is 0. The van der Waals surface area contributed by atoms with Gasteiger partial charge in [-0.25, -0.2) is 0 Å². The van der Waals surface area contributed by atoms with Crippen LogP contribution in [0, 0.1) is 0 Å². The lowest BCUT2D eigenvalue weighted by molar-refractivity contribution is 0.102. The van der Waals surface area contributed by atoms with E-state index in [1.54, 1.807) is 41.7 Å². The molecule has 0 radical (unpaired) electrons. The van der Waals surface area contributed by atoms with E-state index in [2.05, 4.69) is 5.32 Å². The summed E-state index contributed by atoms with van der Waals surface area (Å²) in [7, 11) is -0.300. The lowest BCUT2D eigenvalue weighted by Gasteiger charge is -2.10. The Bertz CT molecular complexity index is 924. The van der Waals surface area contributed by atoms with E-state index >= 15 is 0 Å². The molecular weight excluding hydrogens is 367 g/mol. The Hall–Kier alpha value is -2.53. The third kappa shape index (κ3) is 4.35. The third-order valence-corrected chi connectivity index (χ3v) is 5.79. The van der Waals surface area contributed by atoms with Crippen LogP contribution in [0.5, 0.6) is 0 Å². The van der Waals surface area contributed by atoms with E-state index in [4.69, 9.17) is 10.3 Å². The highest BCUT2D eigenvalue weighted by atomic mass is 32.1. The largest absolute Gasteiger partial charge is 0.512 e. The van der Waals surface area contributed by atoms with E-state index in [9.17, 15) is 9.36 Å². The van der Waals surface area contributed by atoms with Gasteiger partial charge in [-0.2, -0.15) is 0 Å². The van der Waals surface area contributed by atoms with E-state index < -0.39 is 8.03 Å². The first-order chi connectivity index (χ1) is 12.6. The normalized spacial score (nSPS) is 11.2. The molecular formula is C19H18N2O3PS+. The summed E-state index contributed by atoms with van der Waals surface area (Å²) >= 11 is 1.63. The number of benzene rings is 2. The molecule has 0 aliphatic heterocycles. The predicted molar refractivity (Wildman–Crippen MR) is 107 cm³/mol. The smallest absolute Gasteiger partial charge is 0.397 e. The Labute approximate surface area is 156 Å². The van der Waals surface area contributed by atoms with Crippen molar-refractivity contribution in [2.24, 2.45) is 0 Å². The number of anilines is 2. The molecule has 5 nitrogen and oxygen atoms in total. The number of nitrogens with two attached hydrogens (primary N) is 1. The molecule has 26 heavy (non-hydrogen) atoms. The van der Waals surface area contributed by atoms with Crippen LogP contribution in [0.15, 0.2) is 60.0 Å². The van der Waals surface area contributed by atoms with Crippen LogP contribution >= 0.6 is 19.4 Å². The average Bonchev–Trinajstić information content (AvgIpc) is 3.18. The van der Waals surface area contributed by atoms with Gasteiger partial charge in [0.25, 0.3) is 5.91 Å². The van der Waals surface area contributed by atoms with Crippen molar-refractivity contribution in [3.05, 3.63) is 71.1 Å². The van der Waals surface area contributed by atoms with Gasteiger partial charge in [0, 0.05) is 16.0 Å². The zero-order valence-electron chi connectivity index (χ0n) is 14.1. The second-order valence-corrected chi connectivity index (χ2v) is 7.90. The van der Waals surface area contributed by atoms with E-state index in [-0.39, 0.29) is 5.91 Å². The molecule has 132 valence electrons. The van der Waals surface area contributed by atoms with Gasteiger partial charge in [0.15, 0.2) is 0 Å². The van der Waals surface area contributed by atoms with Crippen molar-refractivity contribution < 1.29 is 13.9 Å². The van der Waals surface area contributed by atoms with Crippen LogP contribution in [0.25, 0.3) is 10.4 Å². The van der Waals surface area contributed by atoms with E-state index in [0.717, 1.165) is 16.0 Å². The molecule has 2 aromatic carbocycles. The maximum absolute atomic E-state index is 12.5. The minimum absolute atomic E-state index is 0.247. The van der Waals surface area contributed by atoms with Crippen LogP contribution in [0.1, 0.15) is 15.9 Å². The van der Waals surface area contributed by atoms with Gasteiger partial charge in [0.2, 0.25) is 6.16 Å². The number of thiophene rings is 1. The number of hydrogen-bond acceptors (Lipinski definition) is 5. The molecule has 0 spiro atoms. The molecule has 1 amide bonds. The van der Waals surface area contributed by atoms with Gasteiger partial charge in [-0.1, -0.05) is 24.3 Å². The van der Waals surface area contributed by atoms with Crippen molar-refractivity contribution in [3.8, 4) is 10.4 Å². The fraction of sp³-hybridized carbons (Fsp3) is 0.105. The van der Waals surface area contributed by atoms with Gasteiger partial charge in [0.05, 0.1) is 18.5 Å². The number of nitrogens with one attached hydrogen (secondary N) is 1. The molecule has 7 heteroatoms. The first-order valence-electron chi connectivity index (χ1n) is 7.89. The van der Waals surface area contributed by atoms with Crippen molar-refractivity contribution in [2.75, 3.05) is 18.2 Å². The Kier molecular flexibility index (Phi) is 5.78. The fourth-order valence-corrected chi connectivity index (χ4v) is 3.79. The summed E-state index contributed by atoms with van der Waals surface area (Å²) in [5.41, 5.74) is 9.44. The van der Waals surface area contributed by atoms with Crippen molar-refractivity contribution >= 4 is 36.6 Å². The predicted octanol–water partition coefficient (Wildman–Crippen LogP) is 5.14. The molecule has 1 unspecified atom stereocenters. The van der Waals surface area contributed by atoms with E-state index in [1.807, 2.05) is 29.6 Å². The Morgan fingerprint density at radius 1 is 1.19 bits per heavy atom. The number of carbonyl (C=O) groups is 1. The highest BCUT2D eigenvalue weighted by Crippen LogP contribution is 2.30. The molecule has 1 atom stereocenters. The SMILES string of the molecule is CO[P+](=O)Cc1ccc(C(=O)Nc2cc(-c3cccs3)ccc2N)cc1. The molecule has 3 aromatic rings. The van der Waals surface area contributed by atoms with Crippen LogP contribution in [-0.2, 0) is 15.3 Å². The van der Waals surface area contributed by atoms with Gasteiger partial charge in [-0.3, -0.25) is 4.79 Å². The molecule has 1 heterocycles. The maximum atomic E-state index is 12.5. The fourth-order valence-electron chi connectivity index (χ4n) is 2.43. The summed E-state index contributed by atoms with van der Waals surface area (Å²) < 4.78 is 16.2. The van der Waals surface area contributed by atoms with Crippen molar-refractivity contribution in [1.29, 1.82) is 0 Å². The highest BCUT2D eigenvalue weighted by Gasteiger charge is 2.16.